The summed E-state index contributed by atoms with van der Waals surface area (Å²) in [5.74, 6) is 2.12. The van der Waals surface area contributed by atoms with E-state index in [1.807, 2.05) is 23.3 Å². The highest BCUT2D eigenvalue weighted by atomic mass is 32.1. The maximum Gasteiger partial charge on any atom is 0.323 e. The third-order valence-corrected chi connectivity index (χ3v) is 4.60. The Bertz CT molecular complexity index is 695. The molecule has 2 aromatic rings. The van der Waals surface area contributed by atoms with Gasteiger partial charge in [-0.05, 0) is 6.92 Å². The molecule has 1 N–H and O–H groups in total. The van der Waals surface area contributed by atoms with E-state index in [4.69, 9.17) is 0 Å². The Balaban J connectivity index is 1.61. The van der Waals surface area contributed by atoms with Crippen LogP contribution >= 0.6 is 11.3 Å². The summed E-state index contributed by atoms with van der Waals surface area (Å²) in [7, 11) is 0. The molecule has 1 saturated heterocycles. The molecule has 1 aliphatic heterocycles. The van der Waals surface area contributed by atoms with Crippen LogP contribution in [0.5, 0.6) is 0 Å². The fourth-order valence-corrected chi connectivity index (χ4v) is 3.11. The maximum atomic E-state index is 12.2. The van der Waals surface area contributed by atoms with E-state index in [0.717, 1.165) is 30.4 Å². The first-order chi connectivity index (χ1) is 11.5. The number of carbonyl (C=O) groups excluding carboxylic acids is 1. The summed E-state index contributed by atoms with van der Waals surface area (Å²) in [6.45, 7) is 9.04. The number of anilines is 2. The monoisotopic (exact) mass is 346 g/mol. The number of nitrogens with one attached hydrogen (secondary N) is 1. The molecule has 0 bridgehead atoms. The van der Waals surface area contributed by atoms with Crippen molar-refractivity contribution in [2.75, 3.05) is 36.4 Å². The molecule has 24 heavy (non-hydrogen) atoms. The number of amides is 2. The molecule has 7 nitrogen and oxygen atoms in total. The van der Waals surface area contributed by atoms with Crippen LogP contribution in [0.25, 0.3) is 0 Å². The fraction of sp³-hybridized carbons (Fsp3) is 0.500. The highest BCUT2D eigenvalue weighted by Crippen LogP contribution is 2.19. The van der Waals surface area contributed by atoms with Gasteiger partial charge in [-0.15, -0.1) is 11.3 Å². The van der Waals surface area contributed by atoms with Crippen LogP contribution in [-0.4, -0.2) is 52.1 Å². The molecule has 0 saturated carbocycles. The minimum absolute atomic E-state index is 0.0914. The third-order valence-electron chi connectivity index (χ3n) is 3.91. The average molecular weight is 346 g/mol. The number of rotatable bonds is 3. The van der Waals surface area contributed by atoms with Gasteiger partial charge in [0, 0.05) is 55.4 Å². The Morgan fingerprint density at radius 1 is 1.25 bits per heavy atom. The van der Waals surface area contributed by atoms with Gasteiger partial charge >= 0.3 is 6.03 Å². The Morgan fingerprint density at radius 3 is 2.62 bits per heavy atom. The van der Waals surface area contributed by atoms with Crippen molar-refractivity contribution in [1.29, 1.82) is 0 Å². The lowest BCUT2D eigenvalue weighted by Crippen LogP contribution is -2.50. The van der Waals surface area contributed by atoms with Gasteiger partial charge in [-0.25, -0.2) is 19.7 Å². The fourth-order valence-electron chi connectivity index (χ4n) is 2.59. The zero-order valence-electron chi connectivity index (χ0n) is 14.2. The van der Waals surface area contributed by atoms with Crippen molar-refractivity contribution in [3.05, 3.63) is 29.2 Å². The first kappa shape index (κ1) is 16.6. The number of hydrogen-bond acceptors (Lipinski definition) is 6. The predicted molar refractivity (Wildman–Crippen MR) is 95.8 cm³/mol. The van der Waals surface area contributed by atoms with Crippen LogP contribution in [0.4, 0.5) is 15.7 Å². The first-order valence-electron chi connectivity index (χ1n) is 8.09. The summed E-state index contributed by atoms with van der Waals surface area (Å²) >= 11 is 1.42. The van der Waals surface area contributed by atoms with Crippen molar-refractivity contribution in [3.8, 4) is 0 Å². The number of aryl methyl sites for hydroxylation is 1. The number of carbonyl (C=O) groups is 1. The molecule has 2 amide bonds. The van der Waals surface area contributed by atoms with E-state index in [1.54, 1.807) is 6.20 Å². The summed E-state index contributed by atoms with van der Waals surface area (Å²) in [5.41, 5.74) is 0.979. The number of aromatic nitrogens is 3. The van der Waals surface area contributed by atoms with Gasteiger partial charge in [-0.1, -0.05) is 13.8 Å². The zero-order chi connectivity index (χ0) is 17.1. The second-order valence-corrected chi connectivity index (χ2v) is 7.02. The van der Waals surface area contributed by atoms with Crippen molar-refractivity contribution in [2.45, 2.75) is 26.7 Å². The summed E-state index contributed by atoms with van der Waals surface area (Å²) < 4.78 is 0. The highest BCUT2D eigenvalue weighted by molar-refractivity contribution is 7.13. The van der Waals surface area contributed by atoms with Gasteiger partial charge in [-0.3, -0.25) is 5.32 Å². The van der Waals surface area contributed by atoms with Crippen LogP contribution in [0.1, 0.15) is 31.3 Å². The highest BCUT2D eigenvalue weighted by Gasteiger charge is 2.23. The van der Waals surface area contributed by atoms with Crippen molar-refractivity contribution in [2.24, 2.45) is 0 Å². The molecule has 0 aromatic carbocycles. The standard InChI is InChI=1S/C16H22N6OS/c1-11(2)14-18-12(3)10-13(19-14)21-5-7-22(8-6-21)16(23)20-15-17-4-9-24-15/h4,9-11H,5-8H2,1-3H3,(H,17,20,23). The lowest BCUT2D eigenvalue weighted by Gasteiger charge is -2.35. The van der Waals surface area contributed by atoms with Gasteiger partial charge in [0.1, 0.15) is 11.6 Å². The Kier molecular flexibility index (Phi) is 4.94. The lowest BCUT2D eigenvalue weighted by atomic mass is 10.2. The third kappa shape index (κ3) is 3.81. The largest absolute Gasteiger partial charge is 0.353 e. The molecule has 3 heterocycles. The van der Waals surface area contributed by atoms with Crippen molar-refractivity contribution >= 4 is 28.3 Å². The molecule has 128 valence electrons. The number of piperazine rings is 1. The minimum atomic E-state index is -0.0914. The Labute approximate surface area is 145 Å². The molecular weight excluding hydrogens is 324 g/mol. The van der Waals surface area contributed by atoms with Gasteiger partial charge in [0.25, 0.3) is 0 Å². The normalized spacial score (nSPS) is 15.0. The lowest BCUT2D eigenvalue weighted by molar-refractivity contribution is 0.208. The number of hydrogen-bond donors (Lipinski definition) is 1. The van der Waals surface area contributed by atoms with Crippen molar-refractivity contribution < 1.29 is 4.79 Å². The van der Waals surface area contributed by atoms with Crippen LogP contribution in [0.2, 0.25) is 0 Å². The molecule has 1 fully saturated rings. The van der Waals surface area contributed by atoms with Gasteiger partial charge in [0.2, 0.25) is 0 Å². The molecular formula is C16H22N6OS. The quantitative estimate of drug-likeness (QED) is 0.925. The van der Waals surface area contributed by atoms with E-state index in [1.165, 1.54) is 11.3 Å². The van der Waals surface area contributed by atoms with Crippen LogP contribution in [0, 0.1) is 6.92 Å². The maximum absolute atomic E-state index is 12.2. The topological polar surface area (TPSA) is 74.2 Å². The minimum Gasteiger partial charge on any atom is -0.353 e. The molecule has 0 atom stereocenters. The van der Waals surface area contributed by atoms with E-state index in [-0.39, 0.29) is 6.03 Å². The number of thiazole rings is 1. The molecule has 0 aliphatic carbocycles. The van der Waals surface area contributed by atoms with Gasteiger partial charge < -0.3 is 9.80 Å². The van der Waals surface area contributed by atoms with E-state index >= 15 is 0 Å². The van der Waals surface area contributed by atoms with Crippen LogP contribution in [0.15, 0.2) is 17.6 Å². The van der Waals surface area contributed by atoms with Crippen LogP contribution in [0.3, 0.4) is 0 Å². The molecule has 0 radical (unpaired) electrons. The molecule has 0 spiro atoms. The van der Waals surface area contributed by atoms with E-state index < -0.39 is 0 Å². The van der Waals surface area contributed by atoms with Gasteiger partial charge in [0.15, 0.2) is 5.13 Å². The van der Waals surface area contributed by atoms with Gasteiger partial charge in [0.05, 0.1) is 0 Å². The van der Waals surface area contributed by atoms with Crippen LogP contribution in [-0.2, 0) is 0 Å². The number of urea groups is 1. The SMILES string of the molecule is Cc1cc(N2CCN(C(=O)Nc3nccs3)CC2)nc(C(C)C)n1. The molecule has 8 heteroatoms. The smallest absolute Gasteiger partial charge is 0.323 e. The van der Waals surface area contributed by atoms with Crippen molar-refractivity contribution in [3.63, 3.8) is 0 Å². The molecule has 2 aromatic heterocycles. The summed E-state index contributed by atoms with van der Waals surface area (Å²) in [6.07, 6.45) is 1.68. The first-order valence-corrected chi connectivity index (χ1v) is 8.97. The Hall–Kier alpha value is -2.22. The van der Waals surface area contributed by atoms with E-state index in [9.17, 15) is 4.79 Å². The second kappa shape index (κ2) is 7.12. The summed E-state index contributed by atoms with van der Waals surface area (Å²) in [6, 6.07) is 1.92. The van der Waals surface area contributed by atoms with E-state index in [2.05, 4.69) is 39.0 Å². The van der Waals surface area contributed by atoms with Gasteiger partial charge in [-0.2, -0.15) is 0 Å². The zero-order valence-corrected chi connectivity index (χ0v) is 15.0. The Morgan fingerprint density at radius 2 is 2.00 bits per heavy atom. The van der Waals surface area contributed by atoms with Crippen LogP contribution < -0.4 is 10.2 Å². The summed E-state index contributed by atoms with van der Waals surface area (Å²) in [4.78, 5) is 29.5. The average Bonchev–Trinajstić information content (AvgIpc) is 3.07. The summed E-state index contributed by atoms with van der Waals surface area (Å²) in [5, 5.41) is 5.31. The second-order valence-electron chi connectivity index (χ2n) is 6.12. The van der Waals surface area contributed by atoms with E-state index in [0.29, 0.717) is 24.1 Å². The molecule has 3 rings (SSSR count). The molecule has 1 aliphatic rings. The number of nitrogens with zero attached hydrogens (tertiary/aromatic N) is 5. The molecule has 0 unspecified atom stereocenters. The van der Waals surface area contributed by atoms with Crippen molar-refractivity contribution in [1.82, 2.24) is 19.9 Å². The predicted octanol–water partition coefficient (Wildman–Crippen LogP) is 2.72.